The van der Waals surface area contributed by atoms with Gasteiger partial charge in [-0.05, 0) is 12.8 Å². The van der Waals surface area contributed by atoms with Gasteiger partial charge in [-0.15, -0.1) is 0 Å². The molecule has 0 amide bonds. The van der Waals surface area contributed by atoms with Crippen molar-refractivity contribution in [1.29, 1.82) is 0 Å². The number of halogens is 2. The van der Waals surface area contributed by atoms with Gasteiger partial charge in [-0.1, -0.05) is 0 Å². The summed E-state index contributed by atoms with van der Waals surface area (Å²) in [5, 5.41) is 0. The molecule has 0 aromatic carbocycles. The predicted octanol–water partition coefficient (Wildman–Crippen LogP) is 1.49. The van der Waals surface area contributed by atoms with Crippen LogP contribution >= 0.6 is 0 Å². The van der Waals surface area contributed by atoms with Gasteiger partial charge in [-0.25, -0.2) is 8.78 Å². The van der Waals surface area contributed by atoms with Crippen molar-refractivity contribution in [1.82, 2.24) is 0 Å². The normalized spacial score (nSPS) is 9.57. The topological polar surface area (TPSA) is 52.6 Å². The summed E-state index contributed by atoms with van der Waals surface area (Å²) in [5.41, 5.74) is 0. The van der Waals surface area contributed by atoms with Crippen molar-refractivity contribution >= 4 is 11.9 Å². The number of carbonyl (C=O) groups excluding carboxylic acids is 2. The summed E-state index contributed by atoms with van der Waals surface area (Å²) < 4.78 is 30.9. The molecular weight excluding hydrogens is 198 g/mol. The van der Waals surface area contributed by atoms with Crippen LogP contribution in [0.1, 0.15) is 25.7 Å². The highest BCUT2D eigenvalue weighted by atomic mass is 19.1. The largest absolute Gasteiger partial charge is 0.434 e. The minimum absolute atomic E-state index is 0.0484. The summed E-state index contributed by atoms with van der Waals surface area (Å²) in [6, 6.07) is 0. The van der Waals surface area contributed by atoms with Gasteiger partial charge in [0.2, 0.25) is 13.7 Å². The maximum Gasteiger partial charge on any atom is 0.308 e. The predicted molar refractivity (Wildman–Crippen MR) is 42.6 cm³/mol. The molecule has 0 radical (unpaired) electrons. The van der Waals surface area contributed by atoms with E-state index < -0.39 is 25.7 Å². The number of hydrogen-bond donors (Lipinski definition) is 0. The number of ether oxygens (including phenoxy) is 2. The van der Waals surface area contributed by atoms with E-state index >= 15 is 0 Å². The van der Waals surface area contributed by atoms with Crippen molar-refractivity contribution in [2.24, 2.45) is 0 Å². The lowest BCUT2D eigenvalue weighted by molar-refractivity contribution is -0.150. The summed E-state index contributed by atoms with van der Waals surface area (Å²) in [4.78, 5) is 21.2. The van der Waals surface area contributed by atoms with Gasteiger partial charge in [0, 0.05) is 12.8 Å². The highest BCUT2D eigenvalue weighted by molar-refractivity contribution is 5.70. The average molecular weight is 210 g/mol. The fourth-order valence-electron chi connectivity index (χ4n) is 0.805. The highest BCUT2D eigenvalue weighted by Gasteiger charge is 2.05. The van der Waals surface area contributed by atoms with Crippen LogP contribution in [0.15, 0.2) is 0 Å². The van der Waals surface area contributed by atoms with Crippen molar-refractivity contribution in [3.63, 3.8) is 0 Å². The lowest BCUT2D eigenvalue weighted by Gasteiger charge is -2.00. The van der Waals surface area contributed by atoms with Gasteiger partial charge in [0.05, 0.1) is 0 Å². The third-order valence-electron chi connectivity index (χ3n) is 1.44. The first-order valence-electron chi connectivity index (χ1n) is 4.14. The van der Waals surface area contributed by atoms with Crippen molar-refractivity contribution in [2.75, 3.05) is 13.7 Å². The third-order valence-corrected chi connectivity index (χ3v) is 1.44. The first kappa shape index (κ1) is 12.8. The van der Waals surface area contributed by atoms with Gasteiger partial charge in [0.15, 0.2) is 0 Å². The minimum Gasteiger partial charge on any atom is -0.434 e. The summed E-state index contributed by atoms with van der Waals surface area (Å²) in [7, 11) is 0. The summed E-state index contributed by atoms with van der Waals surface area (Å²) in [6.45, 7) is -2.27. The molecule has 0 aliphatic carbocycles. The van der Waals surface area contributed by atoms with Crippen LogP contribution in [0.3, 0.4) is 0 Å². The van der Waals surface area contributed by atoms with E-state index in [0.717, 1.165) is 0 Å². The summed E-state index contributed by atoms with van der Waals surface area (Å²) in [6.07, 6.45) is 0.875. The molecule has 0 bridgehead atoms. The Balaban J connectivity index is 3.28. The average Bonchev–Trinajstić information content (AvgIpc) is 2.13. The van der Waals surface area contributed by atoms with E-state index in [4.69, 9.17) is 0 Å². The van der Waals surface area contributed by atoms with Crippen LogP contribution in [0.25, 0.3) is 0 Å². The highest BCUT2D eigenvalue weighted by Crippen LogP contribution is 2.02. The van der Waals surface area contributed by atoms with Gasteiger partial charge in [-0.2, -0.15) is 0 Å². The van der Waals surface area contributed by atoms with Gasteiger partial charge in [0.25, 0.3) is 0 Å². The molecule has 0 aromatic heterocycles. The van der Waals surface area contributed by atoms with Crippen LogP contribution in [0.4, 0.5) is 8.78 Å². The van der Waals surface area contributed by atoms with Crippen LogP contribution in [-0.2, 0) is 19.1 Å². The van der Waals surface area contributed by atoms with E-state index in [1.807, 2.05) is 0 Å². The van der Waals surface area contributed by atoms with Crippen molar-refractivity contribution in [2.45, 2.75) is 25.7 Å². The molecule has 0 aliphatic heterocycles. The molecule has 0 N–H and O–H groups in total. The minimum atomic E-state index is -1.14. The van der Waals surface area contributed by atoms with E-state index in [1.165, 1.54) is 0 Å². The molecule has 0 aliphatic rings. The van der Waals surface area contributed by atoms with Crippen LogP contribution in [0.5, 0.6) is 0 Å². The Hall–Kier alpha value is -1.20. The third kappa shape index (κ3) is 7.45. The Morgan fingerprint density at radius 3 is 1.50 bits per heavy atom. The molecule has 0 atom stereocenters. The number of carbonyl (C=O) groups is 2. The second kappa shape index (κ2) is 8.40. The molecule has 4 nitrogen and oxygen atoms in total. The Morgan fingerprint density at radius 2 is 1.21 bits per heavy atom. The van der Waals surface area contributed by atoms with Crippen molar-refractivity contribution in [3.05, 3.63) is 0 Å². The maximum atomic E-state index is 11.4. The van der Waals surface area contributed by atoms with Crippen LogP contribution in [-0.4, -0.2) is 25.7 Å². The molecule has 6 heteroatoms. The lowest BCUT2D eigenvalue weighted by Crippen LogP contribution is -2.05. The monoisotopic (exact) mass is 210 g/mol. The maximum absolute atomic E-state index is 11.4. The number of rotatable bonds is 7. The SMILES string of the molecule is O=C(CCCCC(=O)OCF)OCF. The quantitative estimate of drug-likeness (QED) is 0.472. The Labute approximate surface area is 80.2 Å². The molecule has 0 spiro atoms. The molecule has 82 valence electrons. The Kier molecular flexibility index (Phi) is 7.68. The molecule has 0 aromatic rings. The van der Waals surface area contributed by atoms with Crippen LogP contribution in [0.2, 0.25) is 0 Å². The van der Waals surface area contributed by atoms with Crippen LogP contribution in [0, 0.1) is 0 Å². The molecular formula is C8H12F2O4. The molecule has 0 heterocycles. The second-order valence-corrected chi connectivity index (χ2v) is 2.46. The zero-order valence-electron chi connectivity index (χ0n) is 7.63. The second-order valence-electron chi connectivity index (χ2n) is 2.46. The van der Waals surface area contributed by atoms with Gasteiger partial charge in [-0.3, -0.25) is 9.59 Å². The molecule has 0 fully saturated rings. The van der Waals surface area contributed by atoms with Gasteiger partial charge in [0.1, 0.15) is 0 Å². The first-order chi connectivity index (χ1) is 6.70. The molecule has 0 saturated carbocycles. The molecule has 0 saturated heterocycles. The van der Waals surface area contributed by atoms with Gasteiger partial charge < -0.3 is 9.47 Å². The summed E-state index contributed by atoms with van der Waals surface area (Å²) in [5.74, 6) is -1.29. The first-order valence-corrected chi connectivity index (χ1v) is 4.14. The Morgan fingerprint density at radius 1 is 0.857 bits per heavy atom. The number of esters is 2. The number of unbranched alkanes of at least 4 members (excludes halogenated alkanes) is 1. The number of hydrogen-bond acceptors (Lipinski definition) is 4. The fraction of sp³-hybridized carbons (Fsp3) is 0.750. The standard InChI is InChI=1S/C8H12F2O4/c9-5-13-7(11)3-1-2-4-8(12)14-6-10/h1-6H2. The van der Waals surface area contributed by atoms with E-state index in [2.05, 4.69) is 9.47 Å². The fourth-order valence-corrected chi connectivity index (χ4v) is 0.805. The Bertz CT molecular complexity index is 164. The summed E-state index contributed by atoms with van der Waals surface area (Å²) >= 11 is 0. The van der Waals surface area contributed by atoms with Crippen molar-refractivity contribution in [3.8, 4) is 0 Å². The molecule has 0 rings (SSSR count). The van der Waals surface area contributed by atoms with Crippen molar-refractivity contribution < 1.29 is 27.8 Å². The smallest absolute Gasteiger partial charge is 0.308 e. The zero-order chi connectivity index (χ0) is 10.8. The lowest BCUT2D eigenvalue weighted by atomic mass is 10.2. The zero-order valence-corrected chi connectivity index (χ0v) is 7.63. The van der Waals surface area contributed by atoms with E-state index in [9.17, 15) is 18.4 Å². The molecule has 0 unspecified atom stereocenters. The van der Waals surface area contributed by atoms with Gasteiger partial charge >= 0.3 is 11.9 Å². The van der Waals surface area contributed by atoms with E-state index in [-0.39, 0.29) is 12.8 Å². The van der Waals surface area contributed by atoms with Crippen LogP contribution < -0.4 is 0 Å². The van der Waals surface area contributed by atoms with E-state index in [0.29, 0.717) is 12.8 Å². The molecule has 14 heavy (non-hydrogen) atoms. The van der Waals surface area contributed by atoms with E-state index in [1.54, 1.807) is 0 Å². The number of alkyl halides is 2.